The van der Waals surface area contributed by atoms with E-state index < -0.39 is 0 Å². The van der Waals surface area contributed by atoms with E-state index in [4.69, 9.17) is 4.74 Å². The Morgan fingerprint density at radius 2 is 1.74 bits per heavy atom. The second kappa shape index (κ2) is 4.86. The van der Waals surface area contributed by atoms with Crippen LogP contribution in [0, 0.1) is 0 Å². The minimum absolute atomic E-state index is 0.0219. The summed E-state index contributed by atoms with van der Waals surface area (Å²) >= 11 is 0. The molecule has 0 bridgehead atoms. The summed E-state index contributed by atoms with van der Waals surface area (Å²) in [7, 11) is 1.78. The van der Waals surface area contributed by atoms with Crippen molar-refractivity contribution in [2.45, 2.75) is 12.8 Å². The lowest BCUT2D eigenvalue weighted by atomic mass is 10.1. The predicted molar refractivity (Wildman–Crippen MR) is 72.5 cm³/mol. The molecule has 0 fully saturated rings. The van der Waals surface area contributed by atoms with E-state index in [2.05, 4.69) is 0 Å². The van der Waals surface area contributed by atoms with Gasteiger partial charge in [-0.2, -0.15) is 0 Å². The summed E-state index contributed by atoms with van der Waals surface area (Å²) in [6.45, 7) is 0.497. The predicted octanol–water partition coefficient (Wildman–Crippen LogP) is 2.99. The molecule has 1 aliphatic rings. The summed E-state index contributed by atoms with van der Waals surface area (Å²) in [5, 5.41) is 0. The maximum absolute atomic E-state index is 12.1. The van der Waals surface area contributed by atoms with Crippen LogP contribution in [0.4, 0.5) is 0 Å². The van der Waals surface area contributed by atoms with Crippen LogP contribution in [0.25, 0.3) is 0 Å². The number of nitrogens with zero attached hydrogens (tertiary/aromatic N) is 1. The molecule has 0 radical (unpaired) electrons. The summed E-state index contributed by atoms with van der Waals surface area (Å²) in [6, 6.07) is 17.6. The molecule has 3 rings (SSSR count). The van der Waals surface area contributed by atoms with Gasteiger partial charge in [-0.1, -0.05) is 48.5 Å². The van der Waals surface area contributed by atoms with Gasteiger partial charge in [-0.15, -0.1) is 0 Å². The van der Waals surface area contributed by atoms with E-state index in [0.29, 0.717) is 6.61 Å². The maximum atomic E-state index is 12.1. The van der Waals surface area contributed by atoms with E-state index in [0.717, 1.165) is 16.7 Å². The molecule has 1 amide bonds. The van der Waals surface area contributed by atoms with Gasteiger partial charge >= 0.3 is 0 Å². The quantitative estimate of drug-likeness (QED) is 0.841. The molecule has 1 unspecified atom stereocenters. The van der Waals surface area contributed by atoms with E-state index in [1.54, 1.807) is 11.9 Å². The molecule has 3 nitrogen and oxygen atoms in total. The summed E-state index contributed by atoms with van der Waals surface area (Å²) in [5.41, 5.74) is 2.79. The number of hydrogen-bond donors (Lipinski definition) is 0. The molecule has 19 heavy (non-hydrogen) atoms. The molecule has 0 spiro atoms. The van der Waals surface area contributed by atoms with Crippen molar-refractivity contribution < 1.29 is 9.53 Å². The van der Waals surface area contributed by atoms with Crippen LogP contribution in [-0.4, -0.2) is 17.9 Å². The first-order chi connectivity index (χ1) is 9.27. The number of carbonyl (C=O) groups is 1. The van der Waals surface area contributed by atoms with Crippen molar-refractivity contribution in [3.05, 3.63) is 71.3 Å². The summed E-state index contributed by atoms with van der Waals surface area (Å²) in [6.07, 6.45) is -0.288. The van der Waals surface area contributed by atoms with E-state index in [9.17, 15) is 4.79 Å². The van der Waals surface area contributed by atoms with Gasteiger partial charge in [0.15, 0.2) is 6.23 Å². The van der Waals surface area contributed by atoms with Crippen LogP contribution in [0.1, 0.15) is 27.7 Å². The van der Waals surface area contributed by atoms with Crippen molar-refractivity contribution in [1.29, 1.82) is 0 Å². The topological polar surface area (TPSA) is 29.5 Å². The molecule has 0 saturated heterocycles. The number of fused-ring (bicyclic) bond motifs is 1. The lowest BCUT2D eigenvalue weighted by molar-refractivity contribution is -0.0385. The number of rotatable bonds is 3. The zero-order chi connectivity index (χ0) is 13.2. The van der Waals surface area contributed by atoms with Crippen molar-refractivity contribution in [2.24, 2.45) is 0 Å². The summed E-state index contributed by atoms with van der Waals surface area (Å²) in [4.78, 5) is 13.7. The van der Waals surface area contributed by atoms with Crippen molar-refractivity contribution >= 4 is 5.91 Å². The summed E-state index contributed by atoms with van der Waals surface area (Å²) < 4.78 is 5.90. The van der Waals surface area contributed by atoms with Gasteiger partial charge in [0.1, 0.15) is 0 Å². The molecule has 1 atom stereocenters. The standard InChI is InChI=1S/C16H15NO2/c1-17-15(18)13-9-5-6-10-14(13)16(17)19-11-12-7-3-2-4-8-12/h2-10,16H,11H2,1H3. The normalized spacial score (nSPS) is 17.6. The molecule has 1 aliphatic heterocycles. The average molecular weight is 253 g/mol. The van der Waals surface area contributed by atoms with Gasteiger partial charge in [0.05, 0.1) is 6.61 Å². The van der Waals surface area contributed by atoms with Gasteiger partial charge in [-0.05, 0) is 11.6 Å². The highest BCUT2D eigenvalue weighted by atomic mass is 16.5. The highest BCUT2D eigenvalue weighted by Crippen LogP contribution is 2.33. The van der Waals surface area contributed by atoms with Gasteiger partial charge in [0.25, 0.3) is 5.91 Å². The minimum atomic E-state index is -0.288. The molecule has 0 aliphatic carbocycles. The fourth-order valence-electron chi connectivity index (χ4n) is 2.36. The van der Waals surface area contributed by atoms with E-state index in [1.165, 1.54) is 0 Å². The lowest BCUT2D eigenvalue weighted by Gasteiger charge is -2.21. The van der Waals surface area contributed by atoms with Crippen LogP contribution in [0.5, 0.6) is 0 Å². The molecule has 2 aromatic rings. The second-order valence-electron chi connectivity index (χ2n) is 4.65. The van der Waals surface area contributed by atoms with Crippen LogP contribution in [-0.2, 0) is 11.3 Å². The van der Waals surface area contributed by atoms with Crippen molar-refractivity contribution in [2.75, 3.05) is 7.05 Å². The number of hydrogen-bond acceptors (Lipinski definition) is 2. The van der Waals surface area contributed by atoms with Crippen molar-refractivity contribution in [3.8, 4) is 0 Å². The Hall–Kier alpha value is -2.13. The molecule has 1 heterocycles. The first-order valence-electron chi connectivity index (χ1n) is 6.29. The Bertz CT molecular complexity index is 595. The third-order valence-electron chi connectivity index (χ3n) is 3.38. The van der Waals surface area contributed by atoms with Crippen LogP contribution in [0.3, 0.4) is 0 Å². The largest absolute Gasteiger partial charge is 0.349 e. The molecular formula is C16H15NO2. The zero-order valence-electron chi connectivity index (χ0n) is 10.7. The molecule has 3 heteroatoms. The van der Waals surface area contributed by atoms with Gasteiger partial charge in [-0.25, -0.2) is 0 Å². The van der Waals surface area contributed by atoms with E-state index in [1.807, 2.05) is 54.6 Å². The van der Waals surface area contributed by atoms with E-state index >= 15 is 0 Å². The number of ether oxygens (including phenoxy) is 1. The van der Waals surface area contributed by atoms with Gasteiger partial charge in [0, 0.05) is 18.2 Å². The second-order valence-corrected chi connectivity index (χ2v) is 4.65. The number of amides is 1. The van der Waals surface area contributed by atoms with Gasteiger partial charge in [0.2, 0.25) is 0 Å². The molecular weight excluding hydrogens is 238 g/mol. The van der Waals surface area contributed by atoms with Crippen molar-refractivity contribution in [1.82, 2.24) is 4.90 Å². The molecule has 0 saturated carbocycles. The van der Waals surface area contributed by atoms with E-state index in [-0.39, 0.29) is 12.1 Å². The zero-order valence-corrected chi connectivity index (χ0v) is 10.7. The van der Waals surface area contributed by atoms with Crippen LogP contribution < -0.4 is 0 Å². The fraction of sp³-hybridized carbons (Fsp3) is 0.188. The third kappa shape index (κ3) is 2.13. The van der Waals surface area contributed by atoms with Crippen molar-refractivity contribution in [3.63, 3.8) is 0 Å². The lowest BCUT2D eigenvalue weighted by Crippen LogP contribution is -2.24. The van der Waals surface area contributed by atoms with Crippen LogP contribution in [0.15, 0.2) is 54.6 Å². The SMILES string of the molecule is CN1C(=O)c2ccccc2C1OCc1ccccc1. The Balaban J connectivity index is 1.80. The monoisotopic (exact) mass is 253 g/mol. The average Bonchev–Trinajstić information content (AvgIpc) is 2.71. The van der Waals surface area contributed by atoms with Crippen LogP contribution >= 0.6 is 0 Å². The number of carbonyl (C=O) groups excluding carboxylic acids is 1. The first kappa shape index (κ1) is 11.9. The highest BCUT2D eigenvalue weighted by molar-refractivity contribution is 5.98. The Morgan fingerprint density at radius 1 is 1.05 bits per heavy atom. The molecule has 0 aromatic heterocycles. The number of benzene rings is 2. The molecule has 2 aromatic carbocycles. The molecule has 96 valence electrons. The fourth-order valence-corrected chi connectivity index (χ4v) is 2.36. The Kier molecular flexibility index (Phi) is 3.05. The Morgan fingerprint density at radius 3 is 2.53 bits per heavy atom. The molecule has 0 N–H and O–H groups in total. The van der Waals surface area contributed by atoms with Crippen LogP contribution in [0.2, 0.25) is 0 Å². The Labute approximate surface area is 112 Å². The summed E-state index contributed by atoms with van der Waals surface area (Å²) in [5.74, 6) is 0.0219. The third-order valence-corrected chi connectivity index (χ3v) is 3.38. The van der Waals surface area contributed by atoms with Gasteiger partial charge in [-0.3, -0.25) is 4.79 Å². The van der Waals surface area contributed by atoms with Gasteiger partial charge < -0.3 is 9.64 Å². The highest BCUT2D eigenvalue weighted by Gasteiger charge is 2.34. The first-order valence-corrected chi connectivity index (χ1v) is 6.29. The smallest absolute Gasteiger partial charge is 0.256 e. The minimum Gasteiger partial charge on any atom is -0.349 e. The maximum Gasteiger partial charge on any atom is 0.256 e.